The first-order valence-electron chi connectivity index (χ1n) is 9.65. The SMILES string of the molecule is O=C(Cn1c(=O)n(Cc2ccc3c(c2)OCO3)c(=O)c2sccc21)Nc1ccccc1F. The standard InChI is InChI=1S/C22H16FN3O5S/c23-14-3-1-2-4-15(14)24-19(27)11-25-16-7-8-32-20(16)21(28)26(22(25)29)10-13-5-6-17-18(9-13)31-12-30-17/h1-9H,10-12H2,(H,24,27). The average Bonchev–Trinajstić information content (AvgIpc) is 3.45. The Kier molecular flexibility index (Phi) is 4.98. The van der Waals surface area contributed by atoms with E-state index >= 15 is 0 Å². The van der Waals surface area contributed by atoms with E-state index in [1.54, 1.807) is 35.7 Å². The lowest BCUT2D eigenvalue weighted by Crippen LogP contribution is -2.41. The lowest BCUT2D eigenvalue weighted by Gasteiger charge is -2.13. The van der Waals surface area contributed by atoms with Gasteiger partial charge in [-0.15, -0.1) is 11.3 Å². The molecule has 0 bridgehead atoms. The van der Waals surface area contributed by atoms with Gasteiger partial charge in [-0.2, -0.15) is 0 Å². The van der Waals surface area contributed by atoms with Gasteiger partial charge in [-0.1, -0.05) is 18.2 Å². The van der Waals surface area contributed by atoms with Crippen molar-refractivity contribution in [2.45, 2.75) is 13.1 Å². The van der Waals surface area contributed by atoms with Crippen molar-refractivity contribution >= 4 is 33.1 Å². The van der Waals surface area contributed by atoms with Crippen LogP contribution >= 0.6 is 11.3 Å². The van der Waals surface area contributed by atoms with Gasteiger partial charge in [0.15, 0.2) is 11.5 Å². The van der Waals surface area contributed by atoms with Gasteiger partial charge in [-0.05, 0) is 41.3 Å². The molecule has 1 N–H and O–H groups in total. The Morgan fingerprint density at radius 3 is 2.72 bits per heavy atom. The van der Waals surface area contributed by atoms with Crippen LogP contribution in [0.1, 0.15) is 5.56 Å². The van der Waals surface area contributed by atoms with E-state index in [4.69, 9.17) is 9.47 Å². The predicted octanol–water partition coefficient (Wildman–Crippen LogP) is 2.78. The Labute approximate surface area is 184 Å². The van der Waals surface area contributed by atoms with Crippen LogP contribution in [0.3, 0.4) is 0 Å². The average molecular weight is 453 g/mol. The number of fused-ring (bicyclic) bond motifs is 2. The quantitative estimate of drug-likeness (QED) is 0.502. The highest BCUT2D eigenvalue weighted by Crippen LogP contribution is 2.32. The number of halogens is 1. The molecule has 162 valence electrons. The molecule has 1 aliphatic rings. The number of carbonyl (C=O) groups is 1. The number of aromatic nitrogens is 2. The van der Waals surface area contributed by atoms with Gasteiger partial charge in [0, 0.05) is 0 Å². The molecule has 0 fully saturated rings. The first-order valence-corrected chi connectivity index (χ1v) is 10.5. The number of anilines is 1. The number of nitrogens with zero attached hydrogens (tertiary/aromatic N) is 2. The molecule has 0 radical (unpaired) electrons. The Bertz CT molecular complexity index is 1470. The number of benzene rings is 2. The van der Waals surface area contributed by atoms with Gasteiger partial charge in [-0.25, -0.2) is 9.18 Å². The summed E-state index contributed by atoms with van der Waals surface area (Å²) in [7, 11) is 0. The van der Waals surface area contributed by atoms with Crippen LogP contribution in [0.5, 0.6) is 11.5 Å². The number of para-hydroxylation sites is 1. The number of hydrogen-bond acceptors (Lipinski definition) is 6. The molecule has 0 spiro atoms. The summed E-state index contributed by atoms with van der Waals surface area (Å²) in [5.74, 6) is -0.0333. The zero-order chi connectivity index (χ0) is 22.2. The molecule has 2 aromatic carbocycles. The summed E-state index contributed by atoms with van der Waals surface area (Å²) < 4.78 is 27.2. The Morgan fingerprint density at radius 1 is 1.06 bits per heavy atom. The third-order valence-corrected chi connectivity index (χ3v) is 5.96. The lowest BCUT2D eigenvalue weighted by atomic mass is 10.2. The van der Waals surface area contributed by atoms with Crippen molar-refractivity contribution in [2.24, 2.45) is 0 Å². The maximum absolute atomic E-state index is 13.9. The highest BCUT2D eigenvalue weighted by Gasteiger charge is 2.19. The van der Waals surface area contributed by atoms with E-state index in [1.807, 2.05) is 0 Å². The summed E-state index contributed by atoms with van der Waals surface area (Å²) >= 11 is 1.19. The van der Waals surface area contributed by atoms with E-state index in [2.05, 4.69) is 5.32 Å². The fourth-order valence-electron chi connectivity index (χ4n) is 3.54. The highest BCUT2D eigenvalue weighted by molar-refractivity contribution is 7.17. The summed E-state index contributed by atoms with van der Waals surface area (Å²) in [5.41, 5.74) is -0.0335. The van der Waals surface area contributed by atoms with Crippen molar-refractivity contribution in [1.29, 1.82) is 0 Å². The number of carbonyl (C=O) groups excluding carboxylic acids is 1. The van der Waals surface area contributed by atoms with Crippen molar-refractivity contribution in [2.75, 3.05) is 12.1 Å². The number of nitrogens with one attached hydrogen (secondary N) is 1. The maximum Gasteiger partial charge on any atom is 0.332 e. The number of ether oxygens (including phenoxy) is 2. The third kappa shape index (κ3) is 3.54. The van der Waals surface area contributed by atoms with E-state index < -0.39 is 23.0 Å². The molecule has 0 saturated carbocycles. The molecule has 0 atom stereocenters. The first-order chi connectivity index (χ1) is 15.5. The second kappa shape index (κ2) is 7.97. The molecule has 10 heteroatoms. The molecule has 4 aromatic rings. The zero-order valence-electron chi connectivity index (χ0n) is 16.5. The Balaban J connectivity index is 1.51. The second-order valence-corrected chi connectivity index (χ2v) is 8.03. The minimum atomic E-state index is -0.637. The van der Waals surface area contributed by atoms with Gasteiger partial charge in [0.2, 0.25) is 12.7 Å². The van der Waals surface area contributed by atoms with Crippen molar-refractivity contribution in [1.82, 2.24) is 9.13 Å². The van der Waals surface area contributed by atoms with E-state index in [-0.39, 0.29) is 25.6 Å². The fraction of sp³-hybridized carbons (Fsp3) is 0.136. The number of rotatable bonds is 5. The van der Waals surface area contributed by atoms with E-state index in [9.17, 15) is 18.8 Å². The minimum Gasteiger partial charge on any atom is -0.454 e. The van der Waals surface area contributed by atoms with Gasteiger partial charge >= 0.3 is 5.69 Å². The molecule has 1 amide bonds. The van der Waals surface area contributed by atoms with Crippen LogP contribution in [0, 0.1) is 5.82 Å². The van der Waals surface area contributed by atoms with Gasteiger partial charge in [0.1, 0.15) is 17.1 Å². The Hall–Kier alpha value is -3.92. The van der Waals surface area contributed by atoms with Gasteiger partial charge in [0.25, 0.3) is 5.56 Å². The third-order valence-electron chi connectivity index (χ3n) is 5.06. The van der Waals surface area contributed by atoms with Crippen molar-refractivity contribution in [3.63, 3.8) is 0 Å². The molecular formula is C22H16FN3O5S. The molecule has 5 rings (SSSR count). The summed E-state index contributed by atoms with van der Waals surface area (Å²) in [6.45, 7) is -0.261. The number of thiophene rings is 1. The monoisotopic (exact) mass is 453 g/mol. The fourth-order valence-corrected chi connectivity index (χ4v) is 4.39. The van der Waals surface area contributed by atoms with Crippen LogP contribution in [0.25, 0.3) is 10.2 Å². The number of amides is 1. The van der Waals surface area contributed by atoms with Gasteiger partial charge in [-0.3, -0.25) is 18.7 Å². The van der Waals surface area contributed by atoms with Crippen molar-refractivity contribution in [3.8, 4) is 11.5 Å². The van der Waals surface area contributed by atoms with Crippen LogP contribution in [0.15, 0.2) is 63.5 Å². The minimum absolute atomic E-state index is 0.00290. The first kappa shape index (κ1) is 20.0. The van der Waals surface area contributed by atoms with Gasteiger partial charge in [0.05, 0.1) is 17.7 Å². The molecule has 8 nitrogen and oxygen atoms in total. The van der Waals surface area contributed by atoms with Crippen LogP contribution in [-0.4, -0.2) is 21.8 Å². The summed E-state index contributed by atoms with van der Waals surface area (Å²) in [6, 6.07) is 12.5. The maximum atomic E-state index is 13.9. The molecule has 0 saturated heterocycles. The normalized spacial score (nSPS) is 12.3. The molecule has 2 aromatic heterocycles. The molecule has 32 heavy (non-hydrogen) atoms. The zero-order valence-corrected chi connectivity index (χ0v) is 17.4. The molecule has 3 heterocycles. The lowest BCUT2D eigenvalue weighted by molar-refractivity contribution is -0.116. The molecule has 1 aliphatic heterocycles. The number of hydrogen-bond donors (Lipinski definition) is 1. The van der Waals surface area contributed by atoms with Crippen molar-refractivity contribution < 1.29 is 18.7 Å². The largest absolute Gasteiger partial charge is 0.454 e. The Morgan fingerprint density at radius 2 is 1.88 bits per heavy atom. The van der Waals surface area contributed by atoms with Crippen molar-refractivity contribution in [3.05, 3.63) is 86.1 Å². The van der Waals surface area contributed by atoms with Crippen LogP contribution in [0.4, 0.5) is 10.1 Å². The van der Waals surface area contributed by atoms with Crippen LogP contribution in [-0.2, 0) is 17.9 Å². The van der Waals surface area contributed by atoms with E-state index in [1.165, 1.54) is 34.1 Å². The predicted molar refractivity (Wildman–Crippen MR) is 117 cm³/mol. The smallest absolute Gasteiger partial charge is 0.332 e. The summed E-state index contributed by atoms with van der Waals surface area (Å²) in [4.78, 5) is 38.8. The topological polar surface area (TPSA) is 91.6 Å². The molecular weight excluding hydrogens is 437 g/mol. The summed E-state index contributed by atoms with van der Waals surface area (Å²) in [6.07, 6.45) is 0. The second-order valence-electron chi connectivity index (χ2n) is 7.11. The molecule has 0 aliphatic carbocycles. The summed E-state index contributed by atoms with van der Waals surface area (Å²) in [5, 5.41) is 4.15. The van der Waals surface area contributed by atoms with E-state index in [0.717, 1.165) is 4.57 Å². The van der Waals surface area contributed by atoms with Crippen LogP contribution < -0.4 is 26.0 Å². The molecule has 0 unspecified atom stereocenters. The van der Waals surface area contributed by atoms with E-state index in [0.29, 0.717) is 27.3 Å². The highest BCUT2D eigenvalue weighted by atomic mass is 32.1. The van der Waals surface area contributed by atoms with Gasteiger partial charge < -0.3 is 14.8 Å². The van der Waals surface area contributed by atoms with Crippen LogP contribution in [0.2, 0.25) is 0 Å².